The highest BCUT2D eigenvalue weighted by Gasteiger charge is 2.07. The lowest BCUT2D eigenvalue weighted by Crippen LogP contribution is -2.16. The normalized spacial score (nSPS) is 11.1. The van der Waals surface area contributed by atoms with Crippen LogP contribution in [0.4, 0.5) is 5.69 Å². The average Bonchev–Trinajstić information content (AvgIpc) is 2.80. The van der Waals surface area contributed by atoms with Crippen molar-refractivity contribution in [2.24, 2.45) is 7.05 Å². The molecule has 0 aliphatic heterocycles. The molecule has 0 bridgehead atoms. The van der Waals surface area contributed by atoms with Crippen molar-refractivity contribution in [1.29, 1.82) is 0 Å². The molecule has 2 aromatic heterocycles. The van der Waals surface area contributed by atoms with Crippen molar-refractivity contribution >= 4 is 39.9 Å². The van der Waals surface area contributed by atoms with Gasteiger partial charge in [-0.25, -0.2) is 0 Å². The first-order valence-electron chi connectivity index (χ1n) is 7.06. The second-order valence-corrected chi connectivity index (χ2v) is 7.75. The van der Waals surface area contributed by atoms with E-state index in [0.717, 1.165) is 22.2 Å². The maximum absolute atomic E-state index is 11.8. The van der Waals surface area contributed by atoms with Crippen molar-refractivity contribution in [3.63, 3.8) is 0 Å². The largest absolute Gasteiger partial charge is 0.326 e. The molecule has 0 saturated heterocycles. The van der Waals surface area contributed by atoms with Gasteiger partial charge < -0.3 is 9.29 Å². The zero-order chi connectivity index (χ0) is 15.9. The number of pyridine rings is 1. The molecular formula is C17H18N2OS2. The highest BCUT2D eigenvalue weighted by Crippen LogP contribution is 2.31. The van der Waals surface area contributed by atoms with Crippen molar-refractivity contribution in [2.75, 3.05) is 4.72 Å². The van der Waals surface area contributed by atoms with E-state index in [-0.39, 0.29) is 5.56 Å². The standard InChI is InChI=1S/C17H18N2OS2/c1-10-7-17(20)19(4)15-6-5-13(9-14(10)15)18-22-16-8-11(2)21-12(16)3/h5-9,18H,1-4H3. The Morgan fingerprint density at radius 2 is 1.91 bits per heavy atom. The predicted molar refractivity (Wildman–Crippen MR) is 97.2 cm³/mol. The van der Waals surface area contributed by atoms with Gasteiger partial charge in [-0.1, -0.05) is 0 Å². The second kappa shape index (κ2) is 5.82. The molecule has 3 nitrogen and oxygen atoms in total. The summed E-state index contributed by atoms with van der Waals surface area (Å²) in [4.78, 5) is 15.8. The van der Waals surface area contributed by atoms with Gasteiger partial charge in [-0.2, -0.15) is 0 Å². The minimum absolute atomic E-state index is 0.0319. The van der Waals surface area contributed by atoms with Crippen LogP contribution in [0.2, 0.25) is 0 Å². The van der Waals surface area contributed by atoms with Crippen LogP contribution in [0.15, 0.2) is 40.0 Å². The maximum Gasteiger partial charge on any atom is 0.251 e. The lowest BCUT2D eigenvalue weighted by Gasteiger charge is -2.10. The topological polar surface area (TPSA) is 34.0 Å². The number of rotatable bonds is 3. The fourth-order valence-electron chi connectivity index (χ4n) is 2.51. The number of aromatic nitrogens is 1. The molecule has 0 saturated carbocycles. The number of aryl methyl sites for hydroxylation is 4. The first kappa shape index (κ1) is 15.2. The lowest BCUT2D eigenvalue weighted by atomic mass is 10.1. The lowest BCUT2D eigenvalue weighted by molar-refractivity contribution is 0.903. The van der Waals surface area contributed by atoms with Crippen LogP contribution in [0.25, 0.3) is 10.9 Å². The van der Waals surface area contributed by atoms with E-state index in [9.17, 15) is 4.79 Å². The molecule has 0 fully saturated rings. The molecule has 3 aromatic rings. The van der Waals surface area contributed by atoms with E-state index in [1.165, 1.54) is 14.6 Å². The zero-order valence-corrected chi connectivity index (χ0v) is 14.7. The third-order valence-electron chi connectivity index (χ3n) is 3.73. The summed E-state index contributed by atoms with van der Waals surface area (Å²) in [5.74, 6) is 0. The Labute approximate surface area is 138 Å². The number of benzene rings is 1. The van der Waals surface area contributed by atoms with E-state index < -0.39 is 0 Å². The van der Waals surface area contributed by atoms with Gasteiger partial charge in [-0.3, -0.25) is 4.79 Å². The van der Waals surface area contributed by atoms with Crippen LogP contribution >= 0.6 is 23.3 Å². The summed E-state index contributed by atoms with van der Waals surface area (Å²) >= 11 is 3.45. The maximum atomic E-state index is 11.8. The van der Waals surface area contributed by atoms with Crippen LogP contribution in [0.3, 0.4) is 0 Å². The Kier molecular flexibility index (Phi) is 4.02. The Morgan fingerprint density at radius 1 is 1.14 bits per heavy atom. The van der Waals surface area contributed by atoms with E-state index in [4.69, 9.17) is 0 Å². The molecule has 0 radical (unpaired) electrons. The number of fused-ring (bicyclic) bond motifs is 1. The highest BCUT2D eigenvalue weighted by atomic mass is 32.2. The van der Waals surface area contributed by atoms with Gasteiger partial charge in [0.2, 0.25) is 0 Å². The number of thiophene rings is 1. The van der Waals surface area contributed by atoms with Gasteiger partial charge in [0.05, 0.1) is 5.52 Å². The summed E-state index contributed by atoms with van der Waals surface area (Å²) < 4.78 is 5.09. The Bertz CT molecular complexity index is 909. The van der Waals surface area contributed by atoms with Gasteiger partial charge in [-0.05, 0) is 62.5 Å². The number of hydrogen-bond acceptors (Lipinski definition) is 4. The van der Waals surface area contributed by atoms with Crippen molar-refractivity contribution < 1.29 is 0 Å². The summed E-state index contributed by atoms with van der Waals surface area (Å²) in [5.41, 5.74) is 3.05. The second-order valence-electron chi connectivity index (χ2n) is 5.44. The van der Waals surface area contributed by atoms with E-state index in [1.807, 2.05) is 37.4 Å². The number of anilines is 1. The summed E-state index contributed by atoms with van der Waals surface area (Å²) in [5, 5.41) is 1.10. The van der Waals surface area contributed by atoms with Crippen molar-refractivity contribution in [3.8, 4) is 0 Å². The van der Waals surface area contributed by atoms with E-state index in [0.29, 0.717) is 0 Å². The molecule has 3 rings (SSSR count). The average molecular weight is 330 g/mol. The van der Waals surface area contributed by atoms with Crippen LogP contribution in [0.5, 0.6) is 0 Å². The Balaban J connectivity index is 1.92. The van der Waals surface area contributed by atoms with Gasteiger partial charge in [0.15, 0.2) is 0 Å². The fraction of sp³-hybridized carbons (Fsp3) is 0.235. The smallest absolute Gasteiger partial charge is 0.251 e. The quantitative estimate of drug-likeness (QED) is 0.710. The molecule has 0 aliphatic rings. The molecular weight excluding hydrogens is 312 g/mol. The van der Waals surface area contributed by atoms with E-state index in [1.54, 1.807) is 22.6 Å². The highest BCUT2D eigenvalue weighted by molar-refractivity contribution is 8.00. The van der Waals surface area contributed by atoms with Crippen LogP contribution in [-0.4, -0.2) is 4.57 Å². The minimum Gasteiger partial charge on any atom is -0.326 e. The Morgan fingerprint density at radius 3 is 2.59 bits per heavy atom. The number of hydrogen-bond donors (Lipinski definition) is 1. The summed E-state index contributed by atoms with van der Waals surface area (Å²) in [6.45, 7) is 6.25. The summed E-state index contributed by atoms with van der Waals surface area (Å²) in [7, 11) is 1.81. The minimum atomic E-state index is 0.0319. The number of nitrogens with zero attached hydrogens (tertiary/aromatic N) is 1. The van der Waals surface area contributed by atoms with Crippen molar-refractivity contribution in [1.82, 2.24) is 4.57 Å². The molecule has 22 heavy (non-hydrogen) atoms. The fourth-order valence-corrected chi connectivity index (χ4v) is 4.39. The molecule has 1 aromatic carbocycles. The van der Waals surface area contributed by atoms with Gasteiger partial charge in [0.25, 0.3) is 5.56 Å². The van der Waals surface area contributed by atoms with Crippen molar-refractivity contribution in [3.05, 3.63) is 56.0 Å². The molecule has 0 spiro atoms. The van der Waals surface area contributed by atoms with Gasteiger partial charge >= 0.3 is 0 Å². The van der Waals surface area contributed by atoms with Crippen LogP contribution in [0.1, 0.15) is 15.3 Å². The third-order valence-corrected chi connectivity index (χ3v) is 5.80. The van der Waals surface area contributed by atoms with E-state index in [2.05, 4.69) is 30.7 Å². The first-order valence-corrected chi connectivity index (χ1v) is 8.69. The summed E-state index contributed by atoms with van der Waals surface area (Å²) in [6.07, 6.45) is 0. The van der Waals surface area contributed by atoms with E-state index >= 15 is 0 Å². The molecule has 5 heteroatoms. The number of nitrogens with one attached hydrogen (secondary N) is 1. The molecule has 2 heterocycles. The molecule has 0 amide bonds. The zero-order valence-electron chi connectivity index (χ0n) is 13.1. The van der Waals surface area contributed by atoms with Gasteiger partial charge in [0, 0.05) is 38.8 Å². The Hall–Kier alpha value is -1.72. The predicted octanol–water partition coefficient (Wildman–Crippen LogP) is 4.64. The first-order chi connectivity index (χ1) is 10.5. The van der Waals surface area contributed by atoms with Crippen molar-refractivity contribution in [2.45, 2.75) is 25.7 Å². The molecule has 0 aliphatic carbocycles. The molecule has 0 unspecified atom stereocenters. The third kappa shape index (κ3) is 2.78. The monoisotopic (exact) mass is 330 g/mol. The SMILES string of the molecule is Cc1cc(SNc2ccc3c(c2)c(C)cc(=O)n3C)c(C)s1. The van der Waals surface area contributed by atoms with Crippen LogP contribution in [0, 0.1) is 20.8 Å². The van der Waals surface area contributed by atoms with Gasteiger partial charge in [0.1, 0.15) is 0 Å². The molecule has 114 valence electrons. The van der Waals surface area contributed by atoms with Crippen LogP contribution < -0.4 is 10.3 Å². The van der Waals surface area contributed by atoms with Crippen LogP contribution in [-0.2, 0) is 7.05 Å². The molecule has 1 N–H and O–H groups in total. The molecule has 0 atom stereocenters. The summed E-state index contributed by atoms with van der Waals surface area (Å²) in [6, 6.07) is 10.0. The van der Waals surface area contributed by atoms with Gasteiger partial charge in [-0.15, -0.1) is 11.3 Å².